The second kappa shape index (κ2) is 7.21. The van der Waals surface area contributed by atoms with E-state index in [1.807, 2.05) is 0 Å². The van der Waals surface area contributed by atoms with Crippen molar-refractivity contribution >= 4 is 0 Å². The van der Waals surface area contributed by atoms with Crippen molar-refractivity contribution in [2.75, 3.05) is 59.9 Å². The minimum absolute atomic E-state index is 0.235. The summed E-state index contributed by atoms with van der Waals surface area (Å²) in [5.74, 6) is 0.940. The van der Waals surface area contributed by atoms with Crippen molar-refractivity contribution in [1.29, 1.82) is 0 Å². The number of likely N-dealkylation sites (N-methyl/N-ethyl adjacent to an activating group) is 1. The van der Waals surface area contributed by atoms with Crippen LogP contribution in [0.2, 0.25) is 0 Å². The van der Waals surface area contributed by atoms with E-state index in [9.17, 15) is 0 Å². The highest BCUT2D eigenvalue weighted by atomic mass is 15.3. The molecule has 2 rings (SSSR count). The fourth-order valence-electron chi connectivity index (χ4n) is 3.51. The number of hydrogen-bond acceptors (Lipinski definition) is 4. The average Bonchev–Trinajstić information content (AvgIpc) is 2.41. The molecule has 1 saturated carbocycles. The third-order valence-corrected chi connectivity index (χ3v) is 5.39. The van der Waals surface area contributed by atoms with E-state index < -0.39 is 0 Å². The van der Waals surface area contributed by atoms with Gasteiger partial charge in [-0.3, -0.25) is 9.80 Å². The Morgan fingerprint density at radius 2 is 1.80 bits per heavy atom. The van der Waals surface area contributed by atoms with Gasteiger partial charge in [-0.25, -0.2) is 0 Å². The van der Waals surface area contributed by atoms with Gasteiger partial charge in [-0.05, 0) is 33.4 Å². The van der Waals surface area contributed by atoms with Gasteiger partial charge >= 0.3 is 0 Å². The van der Waals surface area contributed by atoms with Crippen molar-refractivity contribution in [3.05, 3.63) is 0 Å². The van der Waals surface area contributed by atoms with E-state index in [-0.39, 0.29) is 5.54 Å². The Labute approximate surface area is 125 Å². The van der Waals surface area contributed by atoms with Gasteiger partial charge in [0, 0.05) is 51.4 Å². The van der Waals surface area contributed by atoms with Crippen molar-refractivity contribution in [1.82, 2.24) is 14.7 Å². The molecular formula is C16H34N4. The van der Waals surface area contributed by atoms with Gasteiger partial charge in [0.05, 0.1) is 0 Å². The van der Waals surface area contributed by atoms with Crippen LogP contribution in [-0.4, -0.2) is 80.1 Å². The van der Waals surface area contributed by atoms with Crippen molar-refractivity contribution in [2.24, 2.45) is 11.7 Å². The molecule has 2 fully saturated rings. The molecule has 20 heavy (non-hydrogen) atoms. The summed E-state index contributed by atoms with van der Waals surface area (Å²) < 4.78 is 0. The fraction of sp³-hybridized carbons (Fsp3) is 1.00. The van der Waals surface area contributed by atoms with Crippen LogP contribution >= 0.6 is 0 Å². The standard InChI is InChI=1S/C16H34N4/c1-16(14-17,13-15-5-4-6-15)20-11-9-19(10-12-20)8-7-18(2)3/h15H,4-14,17H2,1-3H3. The first kappa shape index (κ1) is 16.2. The van der Waals surface area contributed by atoms with Gasteiger partial charge in [-0.15, -0.1) is 0 Å². The Bertz CT molecular complexity index is 282. The monoisotopic (exact) mass is 282 g/mol. The van der Waals surface area contributed by atoms with Crippen molar-refractivity contribution in [2.45, 2.75) is 38.1 Å². The molecule has 2 aliphatic rings. The third kappa shape index (κ3) is 4.17. The molecule has 0 spiro atoms. The van der Waals surface area contributed by atoms with E-state index in [1.54, 1.807) is 0 Å². The highest BCUT2D eigenvalue weighted by Gasteiger charge is 2.36. The lowest BCUT2D eigenvalue weighted by atomic mass is 9.75. The average molecular weight is 282 g/mol. The number of piperazine rings is 1. The Balaban J connectivity index is 1.78. The maximum Gasteiger partial charge on any atom is 0.0307 e. The molecule has 1 unspecified atom stereocenters. The van der Waals surface area contributed by atoms with E-state index in [0.717, 1.165) is 19.0 Å². The van der Waals surface area contributed by atoms with Crippen molar-refractivity contribution in [3.63, 3.8) is 0 Å². The summed E-state index contributed by atoms with van der Waals surface area (Å²) >= 11 is 0. The lowest BCUT2D eigenvalue weighted by Gasteiger charge is -2.48. The largest absolute Gasteiger partial charge is 0.329 e. The molecule has 4 heteroatoms. The van der Waals surface area contributed by atoms with Gasteiger partial charge in [0.2, 0.25) is 0 Å². The molecule has 4 nitrogen and oxygen atoms in total. The second-order valence-electron chi connectivity index (χ2n) is 7.33. The highest BCUT2D eigenvalue weighted by Crippen LogP contribution is 2.36. The zero-order valence-corrected chi connectivity index (χ0v) is 13.8. The summed E-state index contributed by atoms with van der Waals surface area (Å²) in [6.07, 6.45) is 5.60. The van der Waals surface area contributed by atoms with Crippen LogP contribution in [0.5, 0.6) is 0 Å². The highest BCUT2D eigenvalue weighted by molar-refractivity contribution is 4.93. The molecule has 1 heterocycles. The first-order chi connectivity index (χ1) is 9.53. The molecule has 0 amide bonds. The van der Waals surface area contributed by atoms with Gasteiger partial charge in [0.1, 0.15) is 0 Å². The van der Waals surface area contributed by atoms with Crippen LogP contribution in [0.1, 0.15) is 32.6 Å². The van der Waals surface area contributed by atoms with E-state index in [0.29, 0.717) is 0 Å². The molecule has 1 aliphatic carbocycles. The Hall–Kier alpha value is -0.160. The van der Waals surface area contributed by atoms with Gasteiger partial charge in [-0.1, -0.05) is 19.3 Å². The summed E-state index contributed by atoms with van der Waals surface area (Å²) in [5, 5.41) is 0. The summed E-state index contributed by atoms with van der Waals surface area (Å²) in [6, 6.07) is 0. The molecule has 0 aromatic heterocycles. The molecule has 1 aliphatic heterocycles. The number of hydrogen-bond donors (Lipinski definition) is 1. The van der Waals surface area contributed by atoms with Crippen LogP contribution in [0.3, 0.4) is 0 Å². The predicted octanol–water partition coefficient (Wildman–Crippen LogP) is 1.07. The normalized spacial score (nSPS) is 25.6. The van der Waals surface area contributed by atoms with Crippen molar-refractivity contribution in [3.8, 4) is 0 Å². The first-order valence-corrected chi connectivity index (χ1v) is 8.36. The van der Waals surface area contributed by atoms with E-state index in [4.69, 9.17) is 5.73 Å². The van der Waals surface area contributed by atoms with Crippen LogP contribution < -0.4 is 5.73 Å². The Morgan fingerprint density at radius 3 is 2.25 bits per heavy atom. The van der Waals surface area contributed by atoms with Crippen LogP contribution in [0.25, 0.3) is 0 Å². The quantitative estimate of drug-likeness (QED) is 0.758. The van der Waals surface area contributed by atoms with E-state index in [2.05, 4.69) is 35.7 Å². The first-order valence-electron chi connectivity index (χ1n) is 8.36. The van der Waals surface area contributed by atoms with Gasteiger partial charge < -0.3 is 10.6 Å². The summed E-state index contributed by atoms with van der Waals surface area (Å²) in [6.45, 7) is 10.3. The van der Waals surface area contributed by atoms with Crippen LogP contribution in [0, 0.1) is 5.92 Å². The zero-order valence-electron chi connectivity index (χ0n) is 13.8. The summed E-state index contributed by atoms with van der Waals surface area (Å²) in [5.41, 5.74) is 6.37. The minimum Gasteiger partial charge on any atom is -0.329 e. The molecule has 0 radical (unpaired) electrons. The number of rotatable bonds is 7. The summed E-state index contributed by atoms with van der Waals surface area (Å²) in [4.78, 5) is 7.53. The molecular weight excluding hydrogens is 248 g/mol. The van der Waals surface area contributed by atoms with Gasteiger partial charge in [0.15, 0.2) is 0 Å². The molecule has 2 N–H and O–H groups in total. The lowest BCUT2D eigenvalue weighted by molar-refractivity contribution is 0.0218. The van der Waals surface area contributed by atoms with Gasteiger partial charge in [-0.2, -0.15) is 0 Å². The zero-order chi connectivity index (χ0) is 14.6. The molecule has 1 atom stereocenters. The maximum absolute atomic E-state index is 6.14. The number of nitrogens with zero attached hydrogens (tertiary/aromatic N) is 3. The molecule has 1 saturated heterocycles. The van der Waals surface area contributed by atoms with Gasteiger partial charge in [0.25, 0.3) is 0 Å². The number of nitrogens with two attached hydrogens (primary N) is 1. The second-order valence-corrected chi connectivity index (χ2v) is 7.33. The molecule has 0 aromatic rings. The lowest BCUT2D eigenvalue weighted by Crippen LogP contribution is -2.60. The molecule has 0 aromatic carbocycles. The third-order valence-electron chi connectivity index (χ3n) is 5.39. The Morgan fingerprint density at radius 1 is 1.15 bits per heavy atom. The topological polar surface area (TPSA) is 35.7 Å². The smallest absolute Gasteiger partial charge is 0.0307 e. The van der Waals surface area contributed by atoms with Crippen LogP contribution in [0.4, 0.5) is 0 Å². The maximum atomic E-state index is 6.14. The molecule has 118 valence electrons. The van der Waals surface area contributed by atoms with Crippen molar-refractivity contribution < 1.29 is 0 Å². The van der Waals surface area contributed by atoms with E-state index >= 15 is 0 Å². The predicted molar refractivity (Wildman–Crippen MR) is 86.0 cm³/mol. The SMILES string of the molecule is CN(C)CCN1CCN(C(C)(CN)CC2CCC2)CC1. The van der Waals surface area contributed by atoms with Crippen LogP contribution in [-0.2, 0) is 0 Å². The summed E-state index contributed by atoms with van der Waals surface area (Å²) in [7, 11) is 4.31. The minimum atomic E-state index is 0.235. The van der Waals surface area contributed by atoms with Crippen LogP contribution in [0.15, 0.2) is 0 Å². The Kier molecular flexibility index (Phi) is 5.84. The molecule has 0 bridgehead atoms. The van der Waals surface area contributed by atoms with E-state index in [1.165, 1.54) is 58.4 Å². The fourth-order valence-corrected chi connectivity index (χ4v) is 3.51.